The van der Waals surface area contributed by atoms with Crippen molar-refractivity contribution in [2.75, 3.05) is 4.72 Å². The lowest BCUT2D eigenvalue weighted by Gasteiger charge is -2.17. The van der Waals surface area contributed by atoms with Crippen LogP contribution in [0, 0.1) is 19.8 Å². The van der Waals surface area contributed by atoms with E-state index >= 15 is 0 Å². The van der Waals surface area contributed by atoms with Crippen LogP contribution >= 0.6 is 0 Å². The summed E-state index contributed by atoms with van der Waals surface area (Å²) in [4.78, 5) is 12.4. The van der Waals surface area contributed by atoms with E-state index < -0.39 is 10.0 Å². The van der Waals surface area contributed by atoms with Crippen LogP contribution < -0.4 is 10.0 Å². The maximum absolute atomic E-state index is 12.5. The van der Waals surface area contributed by atoms with E-state index in [-0.39, 0.29) is 16.8 Å². The molecule has 2 N–H and O–H groups in total. The molecule has 140 valence electrons. The van der Waals surface area contributed by atoms with Crippen molar-refractivity contribution in [3.63, 3.8) is 0 Å². The van der Waals surface area contributed by atoms with Crippen molar-refractivity contribution in [3.05, 3.63) is 59.2 Å². The zero-order valence-electron chi connectivity index (χ0n) is 15.8. The Bertz CT molecular complexity index is 888. The third-order valence-corrected chi connectivity index (χ3v) is 5.93. The lowest BCUT2D eigenvalue weighted by atomic mass is 10.1. The van der Waals surface area contributed by atoms with E-state index in [9.17, 15) is 13.2 Å². The first-order chi connectivity index (χ1) is 12.1. The summed E-state index contributed by atoms with van der Waals surface area (Å²) < 4.78 is 27.6. The summed E-state index contributed by atoms with van der Waals surface area (Å²) in [6, 6.07) is 11.5. The second-order valence-corrected chi connectivity index (χ2v) is 8.62. The average molecular weight is 375 g/mol. The molecule has 1 atom stereocenters. The molecule has 1 unspecified atom stereocenters. The van der Waals surface area contributed by atoms with Gasteiger partial charge in [-0.25, -0.2) is 8.42 Å². The molecule has 1 amide bonds. The van der Waals surface area contributed by atoms with Crippen LogP contribution in [0.2, 0.25) is 0 Å². The van der Waals surface area contributed by atoms with Crippen molar-refractivity contribution in [2.45, 2.75) is 45.6 Å². The van der Waals surface area contributed by atoms with Gasteiger partial charge in [0.2, 0.25) is 0 Å². The minimum Gasteiger partial charge on any atom is -0.349 e. The normalized spacial score (nSPS) is 12.7. The molecule has 2 aromatic rings. The third kappa shape index (κ3) is 4.85. The average Bonchev–Trinajstić information content (AvgIpc) is 2.57. The first-order valence-corrected chi connectivity index (χ1v) is 10.1. The van der Waals surface area contributed by atoms with Crippen molar-refractivity contribution in [1.29, 1.82) is 0 Å². The van der Waals surface area contributed by atoms with Gasteiger partial charge in [-0.05, 0) is 74.2 Å². The highest BCUT2D eigenvalue weighted by Gasteiger charge is 2.16. The number of hydrogen-bond donors (Lipinski definition) is 2. The predicted molar refractivity (Wildman–Crippen MR) is 105 cm³/mol. The van der Waals surface area contributed by atoms with Gasteiger partial charge in [0, 0.05) is 17.3 Å². The number of amides is 1. The molecule has 6 heteroatoms. The summed E-state index contributed by atoms with van der Waals surface area (Å²) in [7, 11) is -3.67. The first-order valence-electron chi connectivity index (χ1n) is 8.61. The minimum absolute atomic E-state index is 0.0606. The van der Waals surface area contributed by atoms with Gasteiger partial charge >= 0.3 is 0 Å². The molecule has 2 aromatic carbocycles. The Morgan fingerprint density at radius 2 is 1.54 bits per heavy atom. The van der Waals surface area contributed by atoms with Gasteiger partial charge in [0.25, 0.3) is 15.9 Å². The molecule has 2 rings (SSSR count). The van der Waals surface area contributed by atoms with Gasteiger partial charge in [-0.3, -0.25) is 9.52 Å². The molecule has 0 saturated heterocycles. The highest BCUT2D eigenvalue weighted by Crippen LogP contribution is 2.19. The van der Waals surface area contributed by atoms with Crippen molar-refractivity contribution in [2.24, 2.45) is 5.92 Å². The summed E-state index contributed by atoms with van der Waals surface area (Å²) in [6.07, 6.45) is 0. The Labute approximate surface area is 155 Å². The molecule has 0 spiro atoms. The van der Waals surface area contributed by atoms with Crippen LogP contribution in [0.1, 0.15) is 42.3 Å². The molecule has 26 heavy (non-hydrogen) atoms. The quantitative estimate of drug-likeness (QED) is 0.806. The lowest BCUT2D eigenvalue weighted by molar-refractivity contribution is 0.0930. The number of sulfonamides is 1. The van der Waals surface area contributed by atoms with Gasteiger partial charge in [0.05, 0.1) is 4.90 Å². The van der Waals surface area contributed by atoms with Gasteiger partial charge in [-0.1, -0.05) is 19.9 Å². The lowest BCUT2D eigenvalue weighted by Crippen LogP contribution is -2.36. The Hall–Kier alpha value is -2.34. The number of aryl methyl sites for hydroxylation is 2. The molecule has 0 saturated carbocycles. The van der Waals surface area contributed by atoms with Crippen molar-refractivity contribution in [1.82, 2.24) is 5.32 Å². The van der Waals surface area contributed by atoms with E-state index in [0.717, 1.165) is 11.1 Å². The van der Waals surface area contributed by atoms with E-state index in [1.54, 1.807) is 42.5 Å². The molecular formula is C20H26N2O3S. The first kappa shape index (κ1) is 20.0. The topological polar surface area (TPSA) is 75.3 Å². The van der Waals surface area contributed by atoms with Crippen LogP contribution in [0.3, 0.4) is 0 Å². The van der Waals surface area contributed by atoms with Crippen molar-refractivity contribution in [3.8, 4) is 0 Å². The fraction of sp³-hybridized carbons (Fsp3) is 0.350. The standard InChI is InChI=1S/C20H26N2O3S/c1-13(2)16(5)21-20(23)17-7-9-18(10-8-17)22-26(24,25)19-11-6-14(3)15(4)12-19/h6-13,16,22H,1-5H3,(H,21,23). The highest BCUT2D eigenvalue weighted by molar-refractivity contribution is 7.92. The van der Waals surface area contributed by atoms with E-state index in [1.807, 2.05) is 34.6 Å². The second-order valence-electron chi connectivity index (χ2n) is 6.94. The number of hydrogen-bond acceptors (Lipinski definition) is 3. The van der Waals surface area contributed by atoms with Crippen LogP contribution in [-0.4, -0.2) is 20.4 Å². The van der Waals surface area contributed by atoms with Crippen LogP contribution in [0.4, 0.5) is 5.69 Å². The number of benzene rings is 2. The van der Waals surface area contributed by atoms with E-state index in [1.165, 1.54) is 0 Å². The summed E-state index contributed by atoms with van der Waals surface area (Å²) >= 11 is 0. The van der Waals surface area contributed by atoms with Gasteiger partial charge in [0.15, 0.2) is 0 Å². The maximum Gasteiger partial charge on any atom is 0.261 e. The third-order valence-electron chi connectivity index (χ3n) is 4.55. The van der Waals surface area contributed by atoms with Crippen molar-refractivity contribution >= 4 is 21.6 Å². The number of rotatable bonds is 6. The molecular weight excluding hydrogens is 348 g/mol. The number of carbonyl (C=O) groups is 1. The molecule has 0 bridgehead atoms. The SMILES string of the molecule is Cc1ccc(S(=O)(=O)Nc2ccc(C(=O)NC(C)C(C)C)cc2)cc1C. The van der Waals surface area contributed by atoms with Gasteiger partial charge in [0.1, 0.15) is 0 Å². The summed E-state index contributed by atoms with van der Waals surface area (Å²) in [5.74, 6) is 0.165. The van der Waals surface area contributed by atoms with Crippen LogP contribution in [-0.2, 0) is 10.0 Å². The van der Waals surface area contributed by atoms with Crippen molar-refractivity contribution < 1.29 is 13.2 Å². The smallest absolute Gasteiger partial charge is 0.261 e. The maximum atomic E-state index is 12.5. The van der Waals surface area contributed by atoms with Gasteiger partial charge in [-0.15, -0.1) is 0 Å². The number of nitrogens with one attached hydrogen (secondary N) is 2. The zero-order chi connectivity index (χ0) is 19.5. The fourth-order valence-corrected chi connectivity index (χ4v) is 3.38. The Morgan fingerprint density at radius 1 is 0.923 bits per heavy atom. The predicted octanol–water partition coefficient (Wildman–Crippen LogP) is 3.88. The summed E-state index contributed by atoms with van der Waals surface area (Å²) in [6.45, 7) is 9.84. The molecule has 0 heterocycles. The Kier molecular flexibility index (Phi) is 6.08. The van der Waals surface area contributed by atoms with Crippen LogP contribution in [0.15, 0.2) is 47.4 Å². The fourth-order valence-electron chi connectivity index (χ4n) is 2.24. The van der Waals surface area contributed by atoms with E-state index in [0.29, 0.717) is 17.2 Å². The minimum atomic E-state index is -3.67. The van der Waals surface area contributed by atoms with E-state index in [2.05, 4.69) is 10.0 Å². The summed E-state index contributed by atoms with van der Waals surface area (Å²) in [5.41, 5.74) is 2.86. The summed E-state index contributed by atoms with van der Waals surface area (Å²) in [5, 5.41) is 2.92. The van der Waals surface area contributed by atoms with Gasteiger partial charge < -0.3 is 5.32 Å². The molecule has 0 radical (unpaired) electrons. The van der Waals surface area contributed by atoms with E-state index in [4.69, 9.17) is 0 Å². The van der Waals surface area contributed by atoms with Crippen LogP contribution in [0.5, 0.6) is 0 Å². The highest BCUT2D eigenvalue weighted by atomic mass is 32.2. The zero-order valence-corrected chi connectivity index (χ0v) is 16.6. The Balaban J connectivity index is 2.13. The Morgan fingerprint density at radius 3 is 2.08 bits per heavy atom. The number of anilines is 1. The largest absolute Gasteiger partial charge is 0.349 e. The molecule has 0 fully saturated rings. The van der Waals surface area contributed by atoms with Gasteiger partial charge in [-0.2, -0.15) is 0 Å². The van der Waals surface area contributed by atoms with Crippen LogP contribution in [0.25, 0.3) is 0 Å². The molecule has 0 aromatic heterocycles. The molecule has 5 nitrogen and oxygen atoms in total. The second kappa shape index (κ2) is 7.91. The number of carbonyl (C=O) groups excluding carboxylic acids is 1. The molecule has 0 aliphatic heterocycles. The molecule has 0 aliphatic carbocycles. The molecule has 0 aliphatic rings. The monoisotopic (exact) mass is 374 g/mol.